The van der Waals surface area contributed by atoms with Crippen LogP contribution in [0.4, 0.5) is 8.78 Å². The van der Waals surface area contributed by atoms with Crippen molar-refractivity contribution in [2.45, 2.75) is 6.61 Å². The Bertz CT molecular complexity index is 492. The maximum atomic E-state index is 13.4. The summed E-state index contributed by atoms with van der Waals surface area (Å²) in [5, 5.41) is 8.87. The van der Waals surface area contributed by atoms with Crippen molar-refractivity contribution in [3.05, 3.63) is 59.7 Å². The van der Waals surface area contributed by atoms with E-state index in [0.29, 0.717) is 11.1 Å². The van der Waals surface area contributed by atoms with Crippen molar-refractivity contribution in [2.75, 3.05) is 0 Å². The predicted molar refractivity (Wildman–Crippen MR) is 57.7 cm³/mol. The van der Waals surface area contributed by atoms with Crippen molar-refractivity contribution in [1.82, 2.24) is 0 Å². The molecule has 3 heteroatoms. The number of rotatable bonds is 2. The molecule has 0 aliphatic carbocycles. The Hall–Kier alpha value is -1.74. The van der Waals surface area contributed by atoms with Gasteiger partial charge in [-0.3, -0.25) is 0 Å². The predicted octanol–water partition coefficient (Wildman–Crippen LogP) is 3.12. The minimum atomic E-state index is -0.590. The fraction of sp³-hybridized carbons (Fsp3) is 0.0769. The van der Waals surface area contributed by atoms with Crippen molar-refractivity contribution in [2.24, 2.45) is 0 Å². The first-order valence-corrected chi connectivity index (χ1v) is 4.86. The Morgan fingerprint density at radius 2 is 1.62 bits per heavy atom. The van der Waals surface area contributed by atoms with Crippen LogP contribution in [0.5, 0.6) is 0 Å². The smallest absolute Gasteiger partial charge is 0.133 e. The molecule has 0 spiro atoms. The molecular formula is C13H10F2O. The normalized spacial score (nSPS) is 10.4. The molecule has 0 atom stereocenters. The Morgan fingerprint density at radius 3 is 2.19 bits per heavy atom. The molecule has 1 N–H and O–H groups in total. The number of aliphatic hydroxyl groups is 1. The molecular weight excluding hydrogens is 210 g/mol. The summed E-state index contributed by atoms with van der Waals surface area (Å²) in [6.45, 7) is -0.0494. The SMILES string of the molecule is OCc1ccc(-c2ccc(F)cc2F)cc1. The third-order valence-corrected chi connectivity index (χ3v) is 2.38. The first kappa shape index (κ1) is 10.8. The van der Waals surface area contributed by atoms with Gasteiger partial charge in [-0.2, -0.15) is 0 Å². The van der Waals surface area contributed by atoms with Crippen molar-refractivity contribution >= 4 is 0 Å². The highest BCUT2D eigenvalue weighted by molar-refractivity contribution is 5.64. The van der Waals surface area contributed by atoms with E-state index in [1.807, 2.05) is 0 Å². The van der Waals surface area contributed by atoms with Crippen LogP contribution in [-0.2, 0) is 6.61 Å². The summed E-state index contributed by atoms with van der Waals surface area (Å²) in [6.07, 6.45) is 0. The molecule has 2 rings (SSSR count). The third-order valence-electron chi connectivity index (χ3n) is 2.38. The van der Waals surface area contributed by atoms with Crippen molar-refractivity contribution in [3.63, 3.8) is 0 Å². The lowest BCUT2D eigenvalue weighted by molar-refractivity contribution is 0.282. The molecule has 0 bridgehead atoms. The fourth-order valence-corrected chi connectivity index (χ4v) is 1.51. The Balaban J connectivity index is 2.42. The van der Waals surface area contributed by atoms with Crippen LogP contribution >= 0.6 is 0 Å². The van der Waals surface area contributed by atoms with Crippen molar-refractivity contribution in [1.29, 1.82) is 0 Å². The zero-order valence-corrected chi connectivity index (χ0v) is 8.45. The Labute approximate surface area is 92.0 Å². The van der Waals surface area contributed by atoms with Gasteiger partial charge in [0, 0.05) is 11.6 Å². The molecule has 2 aromatic rings. The number of hydrogen-bond donors (Lipinski definition) is 1. The molecule has 1 nitrogen and oxygen atoms in total. The van der Waals surface area contributed by atoms with Crippen LogP contribution in [-0.4, -0.2) is 5.11 Å². The van der Waals surface area contributed by atoms with Gasteiger partial charge in [-0.05, 0) is 23.3 Å². The molecule has 0 amide bonds. The topological polar surface area (TPSA) is 20.2 Å². The quantitative estimate of drug-likeness (QED) is 0.824. The van der Waals surface area contributed by atoms with Crippen LogP contribution in [0.1, 0.15) is 5.56 Å². The van der Waals surface area contributed by atoms with Gasteiger partial charge in [0.1, 0.15) is 11.6 Å². The van der Waals surface area contributed by atoms with Gasteiger partial charge in [0.2, 0.25) is 0 Å². The number of halogens is 2. The van der Waals surface area contributed by atoms with Gasteiger partial charge >= 0.3 is 0 Å². The molecule has 0 aliphatic heterocycles. The molecule has 0 aromatic heterocycles. The van der Waals surface area contributed by atoms with Crippen molar-refractivity contribution < 1.29 is 13.9 Å². The molecule has 0 unspecified atom stereocenters. The first-order valence-electron chi connectivity index (χ1n) is 4.86. The monoisotopic (exact) mass is 220 g/mol. The highest BCUT2D eigenvalue weighted by Crippen LogP contribution is 2.23. The maximum Gasteiger partial charge on any atom is 0.133 e. The van der Waals surface area contributed by atoms with Crippen LogP contribution < -0.4 is 0 Å². The molecule has 2 aromatic carbocycles. The van der Waals surface area contributed by atoms with Gasteiger partial charge in [-0.25, -0.2) is 8.78 Å². The lowest BCUT2D eigenvalue weighted by atomic mass is 10.0. The van der Waals surface area contributed by atoms with Crippen LogP contribution in [0.2, 0.25) is 0 Å². The van der Waals surface area contributed by atoms with Gasteiger partial charge in [0.25, 0.3) is 0 Å². The summed E-state index contributed by atoms with van der Waals surface area (Å²) < 4.78 is 26.1. The van der Waals surface area contributed by atoms with Crippen LogP contribution in [0, 0.1) is 11.6 Å². The van der Waals surface area contributed by atoms with Crippen LogP contribution in [0.15, 0.2) is 42.5 Å². The van der Waals surface area contributed by atoms with E-state index in [1.165, 1.54) is 12.1 Å². The second kappa shape index (κ2) is 4.41. The summed E-state index contributed by atoms with van der Waals surface area (Å²) in [4.78, 5) is 0. The number of aliphatic hydroxyl groups excluding tert-OH is 1. The lowest BCUT2D eigenvalue weighted by Gasteiger charge is -2.04. The second-order valence-corrected chi connectivity index (χ2v) is 3.48. The Morgan fingerprint density at radius 1 is 0.938 bits per heavy atom. The molecule has 82 valence electrons. The standard InChI is InChI=1S/C13H10F2O/c14-11-5-6-12(13(15)7-11)10-3-1-9(8-16)2-4-10/h1-7,16H,8H2. The van der Waals surface area contributed by atoms with E-state index >= 15 is 0 Å². The summed E-state index contributed by atoms with van der Waals surface area (Å²) in [5.74, 6) is -1.18. The Kier molecular flexibility index (Phi) is 2.97. The average Bonchev–Trinajstić information content (AvgIpc) is 2.29. The minimum absolute atomic E-state index is 0.0494. The van der Waals surface area contributed by atoms with Gasteiger partial charge in [0.05, 0.1) is 6.61 Å². The van der Waals surface area contributed by atoms with E-state index in [4.69, 9.17) is 5.11 Å². The van der Waals surface area contributed by atoms with E-state index in [9.17, 15) is 8.78 Å². The first-order chi connectivity index (χ1) is 7.70. The van der Waals surface area contributed by atoms with Gasteiger partial charge in [-0.15, -0.1) is 0 Å². The van der Waals surface area contributed by atoms with E-state index in [1.54, 1.807) is 24.3 Å². The van der Waals surface area contributed by atoms with E-state index in [-0.39, 0.29) is 6.61 Å². The molecule has 0 heterocycles. The van der Waals surface area contributed by atoms with Gasteiger partial charge in [0.15, 0.2) is 0 Å². The van der Waals surface area contributed by atoms with Crippen LogP contribution in [0.25, 0.3) is 11.1 Å². The van der Waals surface area contributed by atoms with Gasteiger partial charge < -0.3 is 5.11 Å². The summed E-state index contributed by atoms with van der Waals surface area (Å²) in [6, 6.07) is 10.3. The highest BCUT2D eigenvalue weighted by atomic mass is 19.1. The molecule has 16 heavy (non-hydrogen) atoms. The van der Waals surface area contributed by atoms with Gasteiger partial charge in [-0.1, -0.05) is 24.3 Å². The summed E-state index contributed by atoms with van der Waals surface area (Å²) >= 11 is 0. The largest absolute Gasteiger partial charge is 0.392 e. The maximum absolute atomic E-state index is 13.4. The average molecular weight is 220 g/mol. The fourth-order valence-electron chi connectivity index (χ4n) is 1.51. The zero-order chi connectivity index (χ0) is 11.5. The van der Waals surface area contributed by atoms with E-state index in [2.05, 4.69) is 0 Å². The zero-order valence-electron chi connectivity index (χ0n) is 8.45. The van der Waals surface area contributed by atoms with E-state index in [0.717, 1.165) is 11.6 Å². The number of benzene rings is 2. The molecule has 0 saturated heterocycles. The highest BCUT2D eigenvalue weighted by Gasteiger charge is 2.05. The summed E-state index contributed by atoms with van der Waals surface area (Å²) in [7, 11) is 0. The molecule has 0 saturated carbocycles. The molecule has 0 aliphatic rings. The lowest BCUT2D eigenvalue weighted by Crippen LogP contribution is -1.87. The molecule has 0 fully saturated rings. The second-order valence-electron chi connectivity index (χ2n) is 3.48. The van der Waals surface area contributed by atoms with Crippen molar-refractivity contribution in [3.8, 4) is 11.1 Å². The summed E-state index contributed by atoms with van der Waals surface area (Å²) in [5.41, 5.74) is 1.77. The van der Waals surface area contributed by atoms with E-state index < -0.39 is 11.6 Å². The minimum Gasteiger partial charge on any atom is -0.392 e. The number of hydrogen-bond acceptors (Lipinski definition) is 1. The molecule has 0 radical (unpaired) electrons. The van der Waals surface area contributed by atoms with Crippen LogP contribution in [0.3, 0.4) is 0 Å². The third kappa shape index (κ3) is 2.09.